The first-order valence-electron chi connectivity index (χ1n) is 6.82. The van der Waals surface area contributed by atoms with Crippen LogP contribution >= 0.6 is 0 Å². The Bertz CT molecular complexity index is 276. The molecule has 0 spiro atoms. The number of amides is 1. The van der Waals surface area contributed by atoms with Crippen LogP contribution in [0, 0.1) is 5.92 Å². The Balaban J connectivity index is 1.81. The average molecular weight is 239 g/mol. The quantitative estimate of drug-likeness (QED) is 0.784. The lowest BCUT2D eigenvalue weighted by Gasteiger charge is -2.35. The van der Waals surface area contributed by atoms with Crippen LogP contribution in [0.15, 0.2) is 0 Å². The minimum atomic E-state index is -0.352. The Kier molecular flexibility index (Phi) is 4.05. The molecule has 1 heterocycles. The number of nitrogens with two attached hydrogens (primary N) is 1. The first kappa shape index (κ1) is 12.8. The molecule has 0 radical (unpaired) electrons. The highest BCUT2D eigenvalue weighted by atomic mass is 16.2. The topological polar surface area (TPSA) is 49.6 Å². The van der Waals surface area contributed by atoms with Gasteiger partial charge in [0.2, 0.25) is 5.91 Å². The summed E-state index contributed by atoms with van der Waals surface area (Å²) in [6, 6.07) is 0.462. The van der Waals surface area contributed by atoms with Crippen molar-refractivity contribution in [2.75, 3.05) is 26.7 Å². The van der Waals surface area contributed by atoms with E-state index in [1.54, 1.807) is 6.92 Å². The lowest BCUT2D eigenvalue weighted by atomic mass is 9.97. The van der Waals surface area contributed by atoms with Crippen LogP contribution in [0.3, 0.4) is 0 Å². The number of carbonyl (C=O) groups is 1. The predicted molar refractivity (Wildman–Crippen MR) is 68.6 cm³/mol. The van der Waals surface area contributed by atoms with Crippen LogP contribution in [0.1, 0.15) is 32.6 Å². The second-order valence-electron chi connectivity index (χ2n) is 5.75. The van der Waals surface area contributed by atoms with Gasteiger partial charge in [-0.2, -0.15) is 0 Å². The Labute approximate surface area is 104 Å². The van der Waals surface area contributed by atoms with E-state index in [2.05, 4.69) is 11.9 Å². The molecule has 1 amide bonds. The molecule has 98 valence electrons. The first-order valence-corrected chi connectivity index (χ1v) is 6.82. The number of nitrogens with zero attached hydrogens (tertiary/aromatic N) is 2. The van der Waals surface area contributed by atoms with Crippen molar-refractivity contribution in [1.82, 2.24) is 9.80 Å². The minimum Gasteiger partial charge on any atom is -0.341 e. The normalized spacial score (nSPS) is 27.3. The van der Waals surface area contributed by atoms with Gasteiger partial charge >= 0.3 is 0 Å². The van der Waals surface area contributed by atoms with E-state index in [1.165, 1.54) is 19.3 Å². The van der Waals surface area contributed by atoms with Gasteiger partial charge < -0.3 is 15.5 Å². The van der Waals surface area contributed by atoms with Gasteiger partial charge in [-0.15, -0.1) is 0 Å². The van der Waals surface area contributed by atoms with E-state index in [4.69, 9.17) is 5.73 Å². The number of rotatable bonds is 4. The highest BCUT2D eigenvalue weighted by molar-refractivity contribution is 5.81. The predicted octanol–water partition coefficient (Wildman–Crippen LogP) is 0.666. The van der Waals surface area contributed by atoms with E-state index in [9.17, 15) is 4.79 Å². The van der Waals surface area contributed by atoms with Gasteiger partial charge in [0.05, 0.1) is 6.04 Å². The molecule has 2 N–H and O–H groups in total. The molecule has 2 aliphatic rings. The van der Waals surface area contributed by atoms with Crippen molar-refractivity contribution < 1.29 is 4.79 Å². The van der Waals surface area contributed by atoms with Crippen LogP contribution in [-0.2, 0) is 4.79 Å². The van der Waals surface area contributed by atoms with E-state index in [-0.39, 0.29) is 11.9 Å². The van der Waals surface area contributed by atoms with Crippen LogP contribution in [0.4, 0.5) is 0 Å². The molecule has 17 heavy (non-hydrogen) atoms. The van der Waals surface area contributed by atoms with E-state index in [0.717, 1.165) is 32.1 Å². The van der Waals surface area contributed by atoms with Crippen molar-refractivity contribution in [3.63, 3.8) is 0 Å². The van der Waals surface area contributed by atoms with Crippen molar-refractivity contribution in [1.29, 1.82) is 0 Å². The fourth-order valence-electron chi connectivity index (χ4n) is 2.77. The number of piperidine rings is 1. The Hall–Kier alpha value is -0.610. The Morgan fingerprint density at radius 1 is 1.47 bits per heavy atom. The molecule has 2 unspecified atom stereocenters. The van der Waals surface area contributed by atoms with Gasteiger partial charge in [-0.05, 0) is 45.6 Å². The van der Waals surface area contributed by atoms with Crippen molar-refractivity contribution in [2.45, 2.75) is 44.7 Å². The molecule has 0 aromatic carbocycles. The van der Waals surface area contributed by atoms with Gasteiger partial charge in [0.25, 0.3) is 0 Å². The highest BCUT2D eigenvalue weighted by Crippen LogP contribution is 2.27. The second kappa shape index (κ2) is 5.36. The third-order valence-electron chi connectivity index (χ3n) is 3.94. The molecule has 1 aliphatic heterocycles. The SMILES string of the molecule is CC(N)C(=O)N1CCCC(CN(C)C2CC2)C1. The van der Waals surface area contributed by atoms with E-state index in [1.807, 2.05) is 4.90 Å². The number of hydrogen-bond donors (Lipinski definition) is 1. The first-order chi connectivity index (χ1) is 8.08. The smallest absolute Gasteiger partial charge is 0.239 e. The zero-order chi connectivity index (χ0) is 12.4. The van der Waals surface area contributed by atoms with Crippen molar-refractivity contribution in [2.24, 2.45) is 11.7 Å². The number of carbonyl (C=O) groups excluding carboxylic acids is 1. The standard InChI is InChI=1S/C13H25N3O/c1-10(14)13(17)16-7-3-4-11(9-16)8-15(2)12-5-6-12/h10-12H,3-9,14H2,1-2H3. The summed E-state index contributed by atoms with van der Waals surface area (Å²) in [5.74, 6) is 0.751. The lowest BCUT2D eigenvalue weighted by Crippen LogP contribution is -2.48. The van der Waals surface area contributed by atoms with Gasteiger partial charge in [-0.1, -0.05) is 0 Å². The van der Waals surface area contributed by atoms with E-state index >= 15 is 0 Å². The summed E-state index contributed by atoms with van der Waals surface area (Å²) < 4.78 is 0. The van der Waals surface area contributed by atoms with Crippen molar-refractivity contribution in [3.8, 4) is 0 Å². The third-order valence-corrected chi connectivity index (χ3v) is 3.94. The molecule has 2 fully saturated rings. The fourth-order valence-corrected chi connectivity index (χ4v) is 2.77. The maximum atomic E-state index is 11.9. The maximum Gasteiger partial charge on any atom is 0.239 e. The van der Waals surface area contributed by atoms with E-state index in [0.29, 0.717) is 5.92 Å². The molecule has 1 aliphatic carbocycles. The monoisotopic (exact) mass is 239 g/mol. The van der Waals surface area contributed by atoms with E-state index < -0.39 is 0 Å². The molecular formula is C13H25N3O. The summed E-state index contributed by atoms with van der Waals surface area (Å²) in [6.07, 6.45) is 5.08. The summed E-state index contributed by atoms with van der Waals surface area (Å²) >= 11 is 0. The summed E-state index contributed by atoms with van der Waals surface area (Å²) in [6.45, 7) is 4.71. The zero-order valence-corrected chi connectivity index (χ0v) is 11.1. The molecule has 4 nitrogen and oxygen atoms in total. The van der Waals surface area contributed by atoms with Crippen LogP contribution in [0.2, 0.25) is 0 Å². The summed E-state index contributed by atoms with van der Waals surface area (Å²) in [5, 5.41) is 0. The maximum absolute atomic E-state index is 11.9. The van der Waals surface area contributed by atoms with Gasteiger partial charge in [0.15, 0.2) is 0 Å². The minimum absolute atomic E-state index is 0.115. The lowest BCUT2D eigenvalue weighted by molar-refractivity contribution is -0.134. The van der Waals surface area contributed by atoms with Crippen molar-refractivity contribution >= 4 is 5.91 Å². The van der Waals surface area contributed by atoms with Crippen LogP contribution in [0.5, 0.6) is 0 Å². The van der Waals surface area contributed by atoms with Gasteiger partial charge in [0.1, 0.15) is 0 Å². The fraction of sp³-hybridized carbons (Fsp3) is 0.923. The number of hydrogen-bond acceptors (Lipinski definition) is 3. The average Bonchev–Trinajstić information content (AvgIpc) is 3.12. The largest absolute Gasteiger partial charge is 0.341 e. The highest BCUT2D eigenvalue weighted by Gasteiger charge is 2.30. The summed E-state index contributed by atoms with van der Waals surface area (Å²) in [7, 11) is 2.21. The molecular weight excluding hydrogens is 214 g/mol. The molecule has 4 heteroatoms. The summed E-state index contributed by atoms with van der Waals surface area (Å²) in [4.78, 5) is 16.3. The molecule has 1 saturated carbocycles. The Morgan fingerprint density at radius 2 is 2.18 bits per heavy atom. The van der Waals surface area contributed by atoms with Crippen LogP contribution in [-0.4, -0.2) is 54.5 Å². The Morgan fingerprint density at radius 3 is 2.76 bits per heavy atom. The molecule has 2 atom stereocenters. The second-order valence-corrected chi connectivity index (χ2v) is 5.75. The van der Waals surface area contributed by atoms with Gasteiger partial charge in [0, 0.05) is 25.7 Å². The molecule has 2 rings (SSSR count). The van der Waals surface area contributed by atoms with Crippen LogP contribution in [0.25, 0.3) is 0 Å². The zero-order valence-electron chi connectivity index (χ0n) is 11.1. The van der Waals surface area contributed by atoms with Gasteiger partial charge in [-0.3, -0.25) is 4.79 Å². The third kappa shape index (κ3) is 3.42. The summed E-state index contributed by atoms with van der Waals surface area (Å²) in [5.41, 5.74) is 5.67. The van der Waals surface area contributed by atoms with Gasteiger partial charge in [-0.25, -0.2) is 0 Å². The van der Waals surface area contributed by atoms with Crippen molar-refractivity contribution in [3.05, 3.63) is 0 Å². The molecule has 0 aromatic heterocycles. The van der Waals surface area contributed by atoms with Crippen LogP contribution < -0.4 is 5.73 Å². The number of likely N-dealkylation sites (tertiary alicyclic amines) is 1. The molecule has 0 bridgehead atoms. The molecule has 1 saturated heterocycles. The molecule has 0 aromatic rings.